The Kier molecular flexibility index (Phi) is 2.11. The Hall–Kier alpha value is -1.95. The van der Waals surface area contributed by atoms with E-state index in [9.17, 15) is 0 Å². The maximum absolute atomic E-state index is 8.65. The normalized spacial score (nSPS) is 10.0. The van der Waals surface area contributed by atoms with E-state index in [2.05, 4.69) is 6.19 Å². The molecule has 1 aromatic carbocycles. The van der Waals surface area contributed by atoms with Crippen LogP contribution in [0.3, 0.4) is 0 Å². The van der Waals surface area contributed by atoms with Gasteiger partial charge in [-0.3, -0.25) is 0 Å². The van der Waals surface area contributed by atoms with Gasteiger partial charge in [0.25, 0.3) is 0 Å². The van der Waals surface area contributed by atoms with Crippen molar-refractivity contribution in [1.29, 1.82) is 5.26 Å². The summed E-state index contributed by atoms with van der Waals surface area (Å²) in [5, 5.41) is 9.73. The molecule has 2 rings (SSSR count). The predicted molar refractivity (Wildman–Crippen MR) is 53.3 cm³/mol. The second-order valence-electron chi connectivity index (χ2n) is 3.21. The third-order valence-electron chi connectivity index (χ3n) is 2.14. The minimum atomic E-state index is 0.591. The fourth-order valence-corrected chi connectivity index (χ4v) is 1.45. The number of para-hydroxylation sites is 1. The van der Waals surface area contributed by atoms with Crippen molar-refractivity contribution in [3.05, 3.63) is 36.1 Å². The van der Waals surface area contributed by atoms with Crippen molar-refractivity contribution in [1.82, 2.24) is 4.90 Å². The molecule has 0 aliphatic heterocycles. The Labute approximate surface area is 82.2 Å². The molecule has 3 nitrogen and oxygen atoms in total. The lowest BCUT2D eigenvalue weighted by atomic mass is 10.2. The third-order valence-corrected chi connectivity index (χ3v) is 2.14. The summed E-state index contributed by atoms with van der Waals surface area (Å²) in [6.07, 6.45) is 3.77. The number of hydrogen-bond acceptors (Lipinski definition) is 3. The molecule has 0 spiro atoms. The molecule has 0 aliphatic rings. The van der Waals surface area contributed by atoms with Crippen LogP contribution >= 0.6 is 0 Å². The zero-order valence-electron chi connectivity index (χ0n) is 7.90. The molecule has 0 saturated carbocycles. The van der Waals surface area contributed by atoms with E-state index in [1.165, 1.54) is 0 Å². The van der Waals surface area contributed by atoms with Gasteiger partial charge in [-0.15, -0.1) is 0 Å². The minimum Gasteiger partial charge on any atom is -0.464 e. The Balaban J connectivity index is 2.39. The lowest BCUT2D eigenvalue weighted by molar-refractivity contribution is 0.466. The van der Waals surface area contributed by atoms with Gasteiger partial charge in [-0.2, -0.15) is 5.26 Å². The van der Waals surface area contributed by atoms with Gasteiger partial charge in [0.2, 0.25) is 0 Å². The Morgan fingerprint density at radius 3 is 3.00 bits per heavy atom. The fraction of sp³-hybridized carbons (Fsp3) is 0.182. The molecule has 0 amide bonds. The first-order chi connectivity index (χ1) is 6.81. The van der Waals surface area contributed by atoms with E-state index in [0.29, 0.717) is 6.54 Å². The molecular formula is C11H10N2O. The summed E-state index contributed by atoms with van der Waals surface area (Å²) in [7, 11) is 1.75. The quantitative estimate of drug-likeness (QED) is 0.534. The van der Waals surface area contributed by atoms with Crippen LogP contribution in [0.5, 0.6) is 0 Å². The number of benzene rings is 1. The van der Waals surface area contributed by atoms with Gasteiger partial charge < -0.3 is 9.32 Å². The van der Waals surface area contributed by atoms with E-state index >= 15 is 0 Å². The van der Waals surface area contributed by atoms with E-state index in [-0.39, 0.29) is 0 Å². The highest BCUT2D eigenvalue weighted by Gasteiger charge is 2.06. The van der Waals surface area contributed by atoms with Gasteiger partial charge in [0.05, 0.1) is 12.8 Å². The van der Waals surface area contributed by atoms with E-state index in [1.54, 1.807) is 18.2 Å². The smallest absolute Gasteiger partial charge is 0.179 e. The van der Waals surface area contributed by atoms with Crippen LogP contribution in [0.15, 0.2) is 34.9 Å². The molecule has 0 bridgehead atoms. The highest BCUT2D eigenvalue weighted by Crippen LogP contribution is 2.21. The summed E-state index contributed by atoms with van der Waals surface area (Å²) in [5.74, 6) is 0. The summed E-state index contributed by atoms with van der Waals surface area (Å²) in [4.78, 5) is 1.57. The minimum absolute atomic E-state index is 0.591. The van der Waals surface area contributed by atoms with Crippen LogP contribution in [-0.2, 0) is 6.54 Å². The van der Waals surface area contributed by atoms with Crippen molar-refractivity contribution >= 4 is 11.0 Å². The third kappa shape index (κ3) is 1.42. The maximum atomic E-state index is 8.65. The van der Waals surface area contributed by atoms with Crippen molar-refractivity contribution in [3.63, 3.8) is 0 Å². The summed E-state index contributed by atoms with van der Waals surface area (Å²) in [6, 6.07) is 7.82. The van der Waals surface area contributed by atoms with Gasteiger partial charge in [0.15, 0.2) is 6.19 Å². The molecule has 3 heteroatoms. The average molecular weight is 186 g/mol. The summed E-state index contributed by atoms with van der Waals surface area (Å²) in [6.45, 7) is 0.591. The standard InChI is InChI=1S/C11H10N2O/c1-13(8-12)6-9-7-14-11-5-3-2-4-10(9)11/h2-5,7H,6H2,1H3. The molecule has 2 aromatic rings. The van der Waals surface area contributed by atoms with Crippen molar-refractivity contribution in [2.75, 3.05) is 7.05 Å². The summed E-state index contributed by atoms with van der Waals surface area (Å²) in [5.41, 5.74) is 1.92. The molecule has 0 fully saturated rings. The Morgan fingerprint density at radius 2 is 2.21 bits per heavy atom. The zero-order chi connectivity index (χ0) is 9.97. The van der Waals surface area contributed by atoms with E-state index in [1.807, 2.05) is 24.3 Å². The van der Waals surface area contributed by atoms with E-state index in [4.69, 9.17) is 9.68 Å². The van der Waals surface area contributed by atoms with Gasteiger partial charge in [-0.1, -0.05) is 18.2 Å². The number of hydrogen-bond donors (Lipinski definition) is 0. The monoisotopic (exact) mass is 186 g/mol. The molecule has 0 aliphatic carbocycles. The van der Waals surface area contributed by atoms with Gasteiger partial charge in [0.1, 0.15) is 5.58 Å². The maximum Gasteiger partial charge on any atom is 0.179 e. The van der Waals surface area contributed by atoms with Gasteiger partial charge >= 0.3 is 0 Å². The molecule has 0 N–H and O–H groups in total. The van der Waals surface area contributed by atoms with Crippen LogP contribution in [0.4, 0.5) is 0 Å². The highest BCUT2D eigenvalue weighted by atomic mass is 16.3. The molecule has 0 unspecified atom stereocenters. The number of nitriles is 1. The topological polar surface area (TPSA) is 40.2 Å². The molecule has 0 atom stereocenters. The van der Waals surface area contributed by atoms with Crippen LogP contribution < -0.4 is 0 Å². The summed E-state index contributed by atoms with van der Waals surface area (Å²) < 4.78 is 5.36. The van der Waals surface area contributed by atoms with Crippen molar-refractivity contribution < 1.29 is 4.42 Å². The first kappa shape index (κ1) is 8.64. The van der Waals surface area contributed by atoms with E-state index in [0.717, 1.165) is 16.5 Å². The Morgan fingerprint density at radius 1 is 1.43 bits per heavy atom. The Bertz CT molecular complexity index is 481. The lowest BCUT2D eigenvalue weighted by Gasteiger charge is -2.05. The molecule has 0 radical (unpaired) electrons. The fourth-order valence-electron chi connectivity index (χ4n) is 1.45. The van der Waals surface area contributed by atoms with Gasteiger partial charge in [0, 0.05) is 18.0 Å². The average Bonchev–Trinajstić information content (AvgIpc) is 2.62. The van der Waals surface area contributed by atoms with Crippen LogP contribution in [0, 0.1) is 11.5 Å². The number of fused-ring (bicyclic) bond motifs is 1. The first-order valence-corrected chi connectivity index (χ1v) is 4.37. The van der Waals surface area contributed by atoms with Gasteiger partial charge in [-0.25, -0.2) is 0 Å². The first-order valence-electron chi connectivity index (χ1n) is 4.37. The van der Waals surface area contributed by atoms with E-state index < -0.39 is 0 Å². The number of furan rings is 1. The SMILES string of the molecule is CN(C#N)Cc1coc2ccccc12. The lowest BCUT2D eigenvalue weighted by Crippen LogP contribution is -2.09. The highest BCUT2D eigenvalue weighted by molar-refractivity contribution is 5.80. The molecular weight excluding hydrogens is 176 g/mol. The second-order valence-corrected chi connectivity index (χ2v) is 3.21. The summed E-state index contributed by atoms with van der Waals surface area (Å²) >= 11 is 0. The zero-order valence-corrected chi connectivity index (χ0v) is 7.90. The largest absolute Gasteiger partial charge is 0.464 e. The van der Waals surface area contributed by atoms with Crippen LogP contribution in [0.2, 0.25) is 0 Å². The van der Waals surface area contributed by atoms with Crippen molar-refractivity contribution in [2.24, 2.45) is 0 Å². The van der Waals surface area contributed by atoms with Crippen LogP contribution in [0.1, 0.15) is 5.56 Å². The van der Waals surface area contributed by atoms with Gasteiger partial charge in [-0.05, 0) is 6.07 Å². The second kappa shape index (κ2) is 3.43. The van der Waals surface area contributed by atoms with Crippen LogP contribution in [-0.4, -0.2) is 11.9 Å². The number of nitrogens with zero attached hydrogens (tertiary/aromatic N) is 2. The van der Waals surface area contributed by atoms with Crippen LogP contribution in [0.25, 0.3) is 11.0 Å². The molecule has 0 saturated heterocycles. The van der Waals surface area contributed by atoms with Crippen molar-refractivity contribution in [2.45, 2.75) is 6.54 Å². The molecule has 14 heavy (non-hydrogen) atoms. The number of rotatable bonds is 2. The molecule has 70 valence electrons. The van der Waals surface area contributed by atoms with Crippen molar-refractivity contribution in [3.8, 4) is 6.19 Å². The molecule has 1 heterocycles. The predicted octanol–water partition coefficient (Wildman–Crippen LogP) is 2.35. The molecule has 1 aromatic heterocycles.